The summed E-state index contributed by atoms with van der Waals surface area (Å²) in [6, 6.07) is 18.6. The summed E-state index contributed by atoms with van der Waals surface area (Å²) >= 11 is 0. The number of hydrogen-bond acceptors (Lipinski definition) is 4. The number of halogens is 4. The average molecular weight is 480 g/mol. The van der Waals surface area contributed by atoms with Gasteiger partial charge in [0.05, 0.1) is 43.5 Å². The molecule has 4 nitrogen and oxygen atoms in total. The van der Waals surface area contributed by atoms with Crippen LogP contribution < -0.4 is 0 Å². The number of fused-ring (bicyclic) bond motifs is 6. The first kappa shape index (κ1) is 20.6. The quantitative estimate of drug-likeness (QED) is 0.266. The van der Waals surface area contributed by atoms with Crippen molar-refractivity contribution in [1.29, 1.82) is 0 Å². The summed E-state index contributed by atoms with van der Waals surface area (Å²) in [4.78, 5) is 18.8. The van der Waals surface area contributed by atoms with E-state index in [1.807, 2.05) is 48.5 Å². The molecule has 0 spiro atoms. The van der Waals surface area contributed by atoms with Crippen molar-refractivity contribution in [2.24, 2.45) is 0 Å². The van der Waals surface area contributed by atoms with E-state index in [0.717, 1.165) is 24.3 Å². The first-order chi connectivity index (χ1) is 17.5. The van der Waals surface area contributed by atoms with Crippen LogP contribution in [0.4, 0.5) is 17.6 Å². The minimum atomic E-state index is -1.02. The Morgan fingerprint density at radius 2 is 0.583 bits per heavy atom. The predicted molar refractivity (Wildman–Crippen MR) is 122 cm³/mol. The summed E-state index contributed by atoms with van der Waals surface area (Å²) in [7, 11) is 0. The average Bonchev–Trinajstić information content (AvgIpc) is 2.88. The van der Waals surface area contributed by atoms with Gasteiger partial charge in [-0.25, -0.2) is 37.5 Å². The number of nitrogens with zero attached hydrogens (tertiary/aromatic N) is 4. The fraction of sp³-hybridized carbons (Fsp3) is 0. The van der Waals surface area contributed by atoms with E-state index >= 15 is 0 Å². The lowest BCUT2D eigenvalue weighted by atomic mass is 10.1. The Labute approximate surface area is 198 Å². The summed E-state index contributed by atoms with van der Waals surface area (Å²) < 4.78 is 56.2. The fourth-order valence-electron chi connectivity index (χ4n) is 4.65. The molecule has 2 aromatic heterocycles. The normalized spacial score (nSPS) is 15.9. The molecule has 1 aliphatic rings. The first-order valence-corrected chi connectivity index (χ1v) is 11.0. The highest BCUT2D eigenvalue weighted by atomic mass is 19.2. The van der Waals surface area contributed by atoms with Crippen molar-refractivity contribution >= 4 is 22.1 Å². The molecule has 0 unspecified atom stereocenters. The summed E-state index contributed by atoms with van der Waals surface area (Å²) in [6.07, 6.45) is 0. The van der Waals surface area contributed by atoms with Crippen molar-refractivity contribution in [3.05, 3.63) is 138 Å². The van der Waals surface area contributed by atoms with Crippen LogP contribution in [-0.2, 0) is 0 Å². The second-order valence-electron chi connectivity index (χ2n) is 8.44. The summed E-state index contributed by atoms with van der Waals surface area (Å²) in [5, 5.41) is 4.36. The van der Waals surface area contributed by atoms with Crippen molar-refractivity contribution < 1.29 is 17.6 Å². The lowest BCUT2D eigenvalue weighted by Gasteiger charge is -2.05. The summed E-state index contributed by atoms with van der Waals surface area (Å²) in [5.74, 6) is -4.08. The van der Waals surface area contributed by atoms with Gasteiger partial charge in [0.2, 0.25) is 0 Å². The van der Waals surface area contributed by atoms with Crippen LogP contribution in [0.3, 0.4) is 0 Å². The highest BCUT2D eigenvalue weighted by Crippen LogP contribution is 2.19. The molecule has 0 atom stereocenters. The molecule has 0 radical (unpaired) electrons. The maximum atomic E-state index is 14.0. The molecule has 0 amide bonds. The third-order valence-corrected chi connectivity index (χ3v) is 6.29. The van der Waals surface area contributed by atoms with E-state index in [1.165, 1.54) is 0 Å². The molecule has 36 heavy (non-hydrogen) atoms. The molecule has 1 aliphatic carbocycles. The van der Waals surface area contributed by atoms with Gasteiger partial charge in [-0.15, -0.1) is 0 Å². The lowest BCUT2D eigenvalue weighted by Crippen LogP contribution is -2.00. The molecule has 0 saturated carbocycles. The topological polar surface area (TPSA) is 51.6 Å². The molecule has 0 aliphatic heterocycles. The first-order valence-electron chi connectivity index (χ1n) is 11.0. The summed E-state index contributed by atoms with van der Waals surface area (Å²) in [6.45, 7) is 0. The smallest absolute Gasteiger partial charge is 0.161 e. The minimum absolute atomic E-state index is 0.197. The number of hydrogen-bond donors (Lipinski definition) is 0. The molecule has 6 aromatic rings. The molecule has 172 valence electrons. The Hall–Kier alpha value is -4.72. The Kier molecular flexibility index (Phi) is 4.23. The van der Waals surface area contributed by atoms with E-state index in [0.29, 0.717) is 42.3 Å². The van der Waals surface area contributed by atoms with Gasteiger partial charge in [0.25, 0.3) is 0 Å². The van der Waals surface area contributed by atoms with Crippen molar-refractivity contribution in [3.8, 4) is 0 Å². The SMILES string of the molecule is Fc1cc2nc3/c(nc2cc1F)=c1/cccc/c1=c1\nc2cc(F)c(F)cc2n\c1=c1/cccc/c1=3. The molecule has 0 saturated heterocycles. The van der Waals surface area contributed by atoms with Crippen LogP contribution in [0.5, 0.6) is 0 Å². The lowest BCUT2D eigenvalue weighted by molar-refractivity contribution is 0.510. The molecule has 0 bridgehead atoms. The van der Waals surface area contributed by atoms with E-state index in [2.05, 4.69) is 0 Å². The van der Waals surface area contributed by atoms with Crippen molar-refractivity contribution in [2.75, 3.05) is 0 Å². The second kappa shape index (κ2) is 7.39. The van der Waals surface area contributed by atoms with Gasteiger partial charge < -0.3 is 0 Å². The van der Waals surface area contributed by atoms with E-state index in [9.17, 15) is 17.6 Å². The van der Waals surface area contributed by atoms with Gasteiger partial charge in [0, 0.05) is 45.1 Å². The van der Waals surface area contributed by atoms with Gasteiger partial charge >= 0.3 is 0 Å². The predicted octanol–water partition coefficient (Wildman–Crippen LogP) is 5.59. The maximum absolute atomic E-state index is 14.0. The molecular formula is C28H12F4N4. The molecule has 2 heterocycles. The Balaban J connectivity index is 1.94. The van der Waals surface area contributed by atoms with Crippen molar-refractivity contribution in [1.82, 2.24) is 19.9 Å². The van der Waals surface area contributed by atoms with Gasteiger partial charge in [-0.1, -0.05) is 48.5 Å². The molecule has 0 N–H and O–H groups in total. The van der Waals surface area contributed by atoms with Crippen molar-refractivity contribution in [2.45, 2.75) is 0 Å². The standard InChI is InChI=1S/C28H12F4N4/c29-17-9-21-22(10-18(17)30)35-27-15-7-3-4-8-16(15)28-26(14-6-2-1-5-13(14)25(27)33-21)34-23-11-19(31)20(32)12-24(23)36-28/h1-12H/b25-13+,26-14+,27-15+,28-16+. The zero-order valence-corrected chi connectivity index (χ0v) is 18.2. The number of aromatic nitrogens is 4. The van der Waals surface area contributed by atoms with E-state index in [1.54, 1.807) is 0 Å². The van der Waals surface area contributed by atoms with Crippen LogP contribution in [0, 0.1) is 65.5 Å². The fourth-order valence-corrected chi connectivity index (χ4v) is 4.65. The third-order valence-electron chi connectivity index (χ3n) is 6.29. The van der Waals surface area contributed by atoms with Crippen molar-refractivity contribution in [3.63, 3.8) is 0 Å². The van der Waals surface area contributed by atoms with Crippen LogP contribution in [-0.4, -0.2) is 19.9 Å². The highest BCUT2D eigenvalue weighted by molar-refractivity contribution is 5.74. The molecule has 7 rings (SSSR count). The zero-order valence-electron chi connectivity index (χ0n) is 18.2. The highest BCUT2D eigenvalue weighted by Gasteiger charge is 2.11. The number of benzene rings is 4. The Morgan fingerprint density at radius 3 is 0.806 bits per heavy atom. The van der Waals surface area contributed by atoms with Gasteiger partial charge in [-0.3, -0.25) is 0 Å². The molecule has 0 fully saturated rings. The Bertz CT molecular complexity index is 2000. The van der Waals surface area contributed by atoms with Gasteiger partial charge in [-0.05, 0) is 0 Å². The maximum Gasteiger partial charge on any atom is 0.161 e. The molecule has 4 aromatic carbocycles. The van der Waals surface area contributed by atoms with Gasteiger partial charge in [0.15, 0.2) is 23.3 Å². The van der Waals surface area contributed by atoms with Gasteiger partial charge in [-0.2, -0.15) is 0 Å². The zero-order chi connectivity index (χ0) is 24.6. The van der Waals surface area contributed by atoms with Crippen LogP contribution in [0.1, 0.15) is 0 Å². The van der Waals surface area contributed by atoms with Crippen LogP contribution in [0.25, 0.3) is 22.1 Å². The third kappa shape index (κ3) is 2.94. The Morgan fingerprint density at radius 1 is 0.361 bits per heavy atom. The largest absolute Gasteiger partial charge is 0.244 e. The second-order valence-corrected chi connectivity index (χ2v) is 8.44. The summed E-state index contributed by atoms with van der Waals surface area (Å²) in [5.41, 5.74) is 0.788. The minimum Gasteiger partial charge on any atom is -0.244 e. The number of rotatable bonds is 0. The van der Waals surface area contributed by atoms with Crippen LogP contribution >= 0.6 is 0 Å². The molecule has 8 heteroatoms. The van der Waals surface area contributed by atoms with Gasteiger partial charge in [0.1, 0.15) is 0 Å². The van der Waals surface area contributed by atoms with E-state index < -0.39 is 23.3 Å². The van der Waals surface area contributed by atoms with Crippen LogP contribution in [0.15, 0.2) is 72.8 Å². The van der Waals surface area contributed by atoms with E-state index in [4.69, 9.17) is 19.9 Å². The monoisotopic (exact) mass is 480 g/mol. The van der Waals surface area contributed by atoms with Crippen LogP contribution in [0.2, 0.25) is 0 Å². The molecular weight excluding hydrogens is 468 g/mol. The van der Waals surface area contributed by atoms with E-state index in [-0.39, 0.29) is 22.1 Å².